The van der Waals surface area contributed by atoms with Gasteiger partial charge in [0.1, 0.15) is 22.8 Å². The largest absolute Gasteiger partial charge is 0.494 e. The molecule has 0 atom stereocenters. The number of thiazole rings is 1. The third-order valence-corrected chi connectivity index (χ3v) is 7.69. The molecule has 6 nitrogen and oxygen atoms in total. The molecule has 3 heterocycles. The number of hydrogen-bond acceptors (Lipinski definition) is 6. The van der Waals surface area contributed by atoms with Crippen molar-refractivity contribution in [2.45, 2.75) is 12.5 Å². The van der Waals surface area contributed by atoms with Crippen LogP contribution in [0.25, 0.3) is 10.2 Å². The van der Waals surface area contributed by atoms with Gasteiger partial charge in [0, 0.05) is 23.5 Å². The predicted octanol–water partition coefficient (Wildman–Crippen LogP) is 6.82. The maximum absolute atomic E-state index is 14.5. The van der Waals surface area contributed by atoms with Crippen molar-refractivity contribution in [2.75, 3.05) is 12.0 Å². The molecular formula is C28H20ClN3O3S. The normalized spacial score (nSPS) is 12.5. The first-order valence-electron chi connectivity index (χ1n) is 11.3. The molecule has 0 bridgehead atoms. The average molecular weight is 514 g/mol. The molecule has 0 radical (unpaired) electrons. The molecular weight excluding hydrogens is 494 g/mol. The number of nitrogens with zero attached hydrogens (tertiary/aromatic N) is 3. The van der Waals surface area contributed by atoms with E-state index in [4.69, 9.17) is 26.1 Å². The minimum absolute atomic E-state index is 0.115. The molecule has 0 unspecified atom stereocenters. The summed E-state index contributed by atoms with van der Waals surface area (Å²) >= 11 is 7.88. The molecule has 1 aliphatic heterocycles. The van der Waals surface area contributed by atoms with Gasteiger partial charge in [-0.15, -0.1) is 0 Å². The first-order valence-corrected chi connectivity index (χ1v) is 12.5. The molecule has 36 heavy (non-hydrogen) atoms. The van der Waals surface area contributed by atoms with Crippen molar-refractivity contribution >= 4 is 44.2 Å². The number of halogens is 1. The van der Waals surface area contributed by atoms with Crippen molar-refractivity contribution < 1.29 is 14.3 Å². The van der Waals surface area contributed by atoms with Crippen molar-refractivity contribution in [3.63, 3.8) is 0 Å². The van der Waals surface area contributed by atoms with Gasteiger partial charge in [-0.05, 0) is 35.9 Å². The lowest BCUT2D eigenvalue weighted by molar-refractivity contribution is -0.119. The Morgan fingerprint density at radius 3 is 2.42 bits per heavy atom. The number of carbonyl (C=O) groups is 1. The lowest BCUT2D eigenvalue weighted by Crippen LogP contribution is -2.36. The first-order chi connectivity index (χ1) is 17.6. The van der Waals surface area contributed by atoms with Gasteiger partial charge < -0.3 is 9.47 Å². The number of ether oxygens (including phenoxy) is 2. The van der Waals surface area contributed by atoms with E-state index in [-0.39, 0.29) is 5.91 Å². The minimum Gasteiger partial charge on any atom is -0.494 e. The third kappa shape index (κ3) is 3.86. The Hall–Kier alpha value is -3.94. The molecule has 5 aromatic rings. The number of aromatic nitrogens is 2. The zero-order valence-electron chi connectivity index (χ0n) is 19.2. The van der Waals surface area contributed by atoms with E-state index in [1.54, 1.807) is 36.5 Å². The fourth-order valence-electron chi connectivity index (χ4n) is 4.47. The van der Waals surface area contributed by atoms with E-state index >= 15 is 0 Å². The monoisotopic (exact) mass is 513 g/mol. The van der Waals surface area contributed by atoms with E-state index in [1.807, 2.05) is 60.7 Å². The Morgan fingerprint density at radius 1 is 1.03 bits per heavy atom. The molecule has 0 fully saturated rings. The van der Waals surface area contributed by atoms with Gasteiger partial charge in [0.25, 0.3) is 0 Å². The van der Waals surface area contributed by atoms with E-state index in [0.717, 1.165) is 21.4 Å². The number of rotatable bonds is 5. The molecule has 2 aromatic heterocycles. The Bertz CT molecular complexity index is 1540. The number of fused-ring (bicyclic) bond motifs is 3. The summed E-state index contributed by atoms with van der Waals surface area (Å²) in [5, 5.41) is 1.09. The van der Waals surface area contributed by atoms with Crippen molar-refractivity contribution in [3.8, 4) is 17.2 Å². The summed E-state index contributed by atoms with van der Waals surface area (Å²) in [5.41, 5.74) is 3.14. The van der Waals surface area contributed by atoms with Crippen molar-refractivity contribution in [1.82, 2.24) is 9.97 Å². The number of amides is 1. The zero-order valence-corrected chi connectivity index (χ0v) is 20.8. The molecule has 0 saturated carbocycles. The first kappa shape index (κ1) is 22.5. The molecule has 6 rings (SSSR count). The topological polar surface area (TPSA) is 64.5 Å². The van der Waals surface area contributed by atoms with Gasteiger partial charge >= 0.3 is 0 Å². The summed E-state index contributed by atoms with van der Waals surface area (Å²) in [6.45, 7) is 0.300. The van der Waals surface area contributed by atoms with E-state index < -0.39 is 5.92 Å². The minimum atomic E-state index is -0.563. The van der Waals surface area contributed by atoms with Crippen LogP contribution in [0.2, 0.25) is 5.02 Å². The highest BCUT2D eigenvalue weighted by molar-refractivity contribution is 7.23. The number of methoxy groups -OCH3 is 1. The molecule has 0 N–H and O–H groups in total. The summed E-state index contributed by atoms with van der Waals surface area (Å²) in [4.78, 5) is 25.3. The molecule has 0 saturated heterocycles. The number of benzene rings is 3. The smallest absolute Gasteiger partial charge is 0.241 e. The molecule has 1 aliphatic rings. The maximum atomic E-state index is 14.5. The predicted molar refractivity (Wildman–Crippen MR) is 141 cm³/mol. The highest BCUT2D eigenvalue weighted by Gasteiger charge is 2.37. The van der Waals surface area contributed by atoms with Crippen LogP contribution in [-0.2, 0) is 11.3 Å². The van der Waals surface area contributed by atoms with Crippen LogP contribution >= 0.6 is 22.9 Å². The Morgan fingerprint density at radius 2 is 1.75 bits per heavy atom. The third-order valence-electron chi connectivity index (χ3n) is 6.15. The second kappa shape index (κ2) is 9.26. The molecule has 8 heteroatoms. The highest BCUT2D eigenvalue weighted by atomic mass is 35.5. The second-order valence-electron chi connectivity index (χ2n) is 8.32. The molecule has 1 amide bonds. The summed E-state index contributed by atoms with van der Waals surface area (Å²) in [6, 6.07) is 22.7. The van der Waals surface area contributed by atoms with Crippen LogP contribution in [0.5, 0.6) is 17.2 Å². The number of para-hydroxylation sites is 2. The Kier molecular flexibility index (Phi) is 5.79. The number of hydrogen-bond donors (Lipinski definition) is 0. The fraction of sp³-hybridized carbons (Fsp3) is 0.107. The van der Waals surface area contributed by atoms with Crippen molar-refractivity contribution in [2.24, 2.45) is 0 Å². The molecule has 3 aromatic carbocycles. The van der Waals surface area contributed by atoms with Crippen LogP contribution in [0, 0.1) is 0 Å². The van der Waals surface area contributed by atoms with E-state index in [0.29, 0.717) is 39.5 Å². The van der Waals surface area contributed by atoms with E-state index in [9.17, 15) is 4.79 Å². The fourth-order valence-corrected chi connectivity index (χ4v) is 5.73. The van der Waals surface area contributed by atoms with Crippen LogP contribution in [0.4, 0.5) is 5.13 Å². The molecule has 0 aliphatic carbocycles. The van der Waals surface area contributed by atoms with E-state index in [2.05, 4.69) is 4.98 Å². The molecule has 178 valence electrons. The van der Waals surface area contributed by atoms with Gasteiger partial charge in [-0.25, -0.2) is 4.98 Å². The quantitative estimate of drug-likeness (QED) is 0.258. The standard InChI is InChI=1S/C28H20ClN3O3S/c1-34-23-13-12-20(29)26-25(23)31-28(36-26)32(16-17-7-6-14-30-15-17)27(33)24-18-8-2-4-10-21(18)35-22-11-5-3-9-19(22)24/h2-15,24H,16H2,1H3. The van der Waals surface area contributed by atoms with Gasteiger partial charge in [0.05, 0.1) is 29.3 Å². The Balaban J connectivity index is 1.52. The van der Waals surface area contributed by atoms with Gasteiger partial charge in [0.15, 0.2) is 5.13 Å². The van der Waals surface area contributed by atoms with Gasteiger partial charge in [-0.3, -0.25) is 14.7 Å². The van der Waals surface area contributed by atoms with Crippen LogP contribution in [0.1, 0.15) is 22.6 Å². The van der Waals surface area contributed by atoms with Crippen molar-refractivity contribution in [1.29, 1.82) is 0 Å². The van der Waals surface area contributed by atoms with Gasteiger partial charge in [-0.1, -0.05) is 65.4 Å². The SMILES string of the molecule is COc1ccc(Cl)c2sc(N(Cc3cccnc3)C(=O)C3c4ccccc4Oc4ccccc43)nc12. The van der Waals surface area contributed by atoms with Crippen LogP contribution < -0.4 is 14.4 Å². The lowest BCUT2D eigenvalue weighted by atomic mass is 9.87. The molecule has 0 spiro atoms. The number of pyridine rings is 1. The summed E-state index contributed by atoms with van der Waals surface area (Å²) in [7, 11) is 1.59. The van der Waals surface area contributed by atoms with Crippen LogP contribution in [0.3, 0.4) is 0 Å². The summed E-state index contributed by atoms with van der Waals surface area (Å²) in [5.74, 6) is 1.27. The zero-order chi connectivity index (χ0) is 24.6. The lowest BCUT2D eigenvalue weighted by Gasteiger charge is -2.31. The summed E-state index contributed by atoms with van der Waals surface area (Å²) < 4.78 is 12.4. The number of carbonyl (C=O) groups excluding carboxylic acids is 1. The van der Waals surface area contributed by atoms with Gasteiger partial charge in [-0.2, -0.15) is 0 Å². The van der Waals surface area contributed by atoms with Crippen molar-refractivity contribution in [3.05, 3.63) is 107 Å². The van der Waals surface area contributed by atoms with E-state index in [1.165, 1.54) is 11.3 Å². The second-order valence-corrected chi connectivity index (χ2v) is 9.70. The highest BCUT2D eigenvalue weighted by Crippen LogP contribution is 2.46. The van der Waals surface area contributed by atoms with Crippen LogP contribution in [0.15, 0.2) is 85.2 Å². The maximum Gasteiger partial charge on any atom is 0.241 e. The average Bonchev–Trinajstić information content (AvgIpc) is 3.37. The summed E-state index contributed by atoms with van der Waals surface area (Å²) in [6.07, 6.45) is 3.47. The Labute approximate surface area is 216 Å². The number of anilines is 1. The van der Waals surface area contributed by atoms with Crippen LogP contribution in [-0.4, -0.2) is 23.0 Å². The van der Waals surface area contributed by atoms with Gasteiger partial charge in [0.2, 0.25) is 5.91 Å².